The lowest BCUT2D eigenvalue weighted by Crippen LogP contribution is -2.30. The van der Waals surface area contributed by atoms with Crippen molar-refractivity contribution in [3.05, 3.63) is 24.3 Å². The molecule has 0 radical (unpaired) electrons. The van der Waals surface area contributed by atoms with Gasteiger partial charge in [-0.2, -0.15) is 0 Å². The molecule has 0 unspecified atom stereocenters. The molecule has 1 aliphatic rings. The first-order valence-electron chi connectivity index (χ1n) is 5.31. The van der Waals surface area contributed by atoms with Crippen molar-refractivity contribution in [2.24, 2.45) is 0 Å². The molecule has 1 nitrogen and oxygen atoms in total. The molecule has 0 saturated carbocycles. The molecule has 0 aromatic carbocycles. The highest BCUT2D eigenvalue weighted by Crippen LogP contribution is 2.28. The van der Waals surface area contributed by atoms with Crippen LogP contribution in [0.1, 0.15) is 39.5 Å². The Morgan fingerprint density at radius 1 is 1.31 bits per heavy atom. The molecule has 0 aromatic heterocycles. The van der Waals surface area contributed by atoms with Crippen LogP contribution in [0.5, 0.6) is 0 Å². The first-order chi connectivity index (χ1) is 6.33. The van der Waals surface area contributed by atoms with Gasteiger partial charge in [-0.3, -0.25) is 0 Å². The summed E-state index contributed by atoms with van der Waals surface area (Å²) in [7, 11) is 0. The van der Waals surface area contributed by atoms with Gasteiger partial charge in [0, 0.05) is 6.61 Å². The number of unbranched alkanes of at least 4 members (excludes halogenated alkanes) is 1. The Kier molecular flexibility index (Phi) is 4.23. The number of allylic oxidation sites excluding steroid dienone is 2. The van der Waals surface area contributed by atoms with Crippen LogP contribution in [0.2, 0.25) is 0 Å². The number of hydrogen-bond acceptors (Lipinski definition) is 1. The van der Waals surface area contributed by atoms with E-state index in [1.165, 1.54) is 12.8 Å². The van der Waals surface area contributed by atoms with Gasteiger partial charge in [0.1, 0.15) is 0 Å². The van der Waals surface area contributed by atoms with Crippen molar-refractivity contribution in [3.8, 4) is 0 Å². The molecule has 1 atom stereocenters. The summed E-state index contributed by atoms with van der Waals surface area (Å²) in [5, 5.41) is 0. The molecule has 0 amide bonds. The first-order valence-corrected chi connectivity index (χ1v) is 5.31. The van der Waals surface area contributed by atoms with Crippen LogP contribution in [-0.2, 0) is 4.74 Å². The Morgan fingerprint density at radius 2 is 2.15 bits per heavy atom. The summed E-state index contributed by atoms with van der Waals surface area (Å²) in [6.45, 7) is 5.10. The van der Waals surface area contributed by atoms with Crippen molar-refractivity contribution in [1.29, 1.82) is 0 Å². The van der Waals surface area contributed by atoms with E-state index in [-0.39, 0.29) is 5.60 Å². The van der Waals surface area contributed by atoms with E-state index in [0.717, 1.165) is 19.4 Å². The van der Waals surface area contributed by atoms with Crippen LogP contribution in [0.4, 0.5) is 0 Å². The molecule has 0 aliphatic heterocycles. The zero-order valence-electron chi connectivity index (χ0n) is 8.75. The van der Waals surface area contributed by atoms with E-state index in [0.29, 0.717) is 0 Å². The van der Waals surface area contributed by atoms with Crippen molar-refractivity contribution in [1.82, 2.24) is 0 Å². The van der Waals surface area contributed by atoms with Crippen LogP contribution in [0.3, 0.4) is 0 Å². The Labute approximate surface area is 81.5 Å². The van der Waals surface area contributed by atoms with E-state index >= 15 is 0 Å². The molecular formula is C12H20O. The van der Waals surface area contributed by atoms with E-state index in [9.17, 15) is 0 Å². The summed E-state index contributed by atoms with van der Waals surface area (Å²) in [6.07, 6.45) is 13.3. The Morgan fingerprint density at radius 3 is 2.69 bits per heavy atom. The second-order valence-electron chi connectivity index (χ2n) is 3.59. The van der Waals surface area contributed by atoms with Gasteiger partial charge in [-0.05, 0) is 19.8 Å². The fourth-order valence-electron chi connectivity index (χ4n) is 1.77. The maximum Gasteiger partial charge on any atom is 0.0899 e. The standard InChI is InChI=1S/C12H20O/c1-3-5-9-12(13-4-2)10-7-6-8-11-12/h6-8,10H,3-5,9,11H2,1-2H3/t12-/m1/s1. The monoisotopic (exact) mass is 180 g/mol. The van der Waals surface area contributed by atoms with Crippen LogP contribution >= 0.6 is 0 Å². The second-order valence-corrected chi connectivity index (χ2v) is 3.59. The number of ether oxygens (including phenoxy) is 1. The molecule has 0 spiro atoms. The average Bonchev–Trinajstić information content (AvgIpc) is 2.17. The number of hydrogen-bond donors (Lipinski definition) is 0. The van der Waals surface area contributed by atoms with Gasteiger partial charge in [0.05, 0.1) is 5.60 Å². The lowest BCUT2D eigenvalue weighted by Gasteiger charge is -2.31. The molecule has 0 heterocycles. The highest BCUT2D eigenvalue weighted by molar-refractivity contribution is 5.18. The molecule has 74 valence electrons. The molecule has 0 bridgehead atoms. The summed E-state index contributed by atoms with van der Waals surface area (Å²) < 4.78 is 5.83. The molecule has 1 aliphatic carbocycles. The van der Waals surface area contributed by atoms with E-state index in [4.69, 9.17) is 4.74 Å². The van der Waals surface area contributed by atoms with Crippen LogP contribution < -0.4 is 0 Å². The topological polar surface area (TPSA) is 9.23 Å². The van der Waals surface area contributed by atoms with Crippen LogP contribution in [0.15, 0.2) is 24.3 Å². The summed E-state index contributed by atoms with van der Waals surface area (Å²) in [6, 6.07) is 0. The van der Waals surface area contributed by atoms with Crippen LogP contribution in [0, 0.1) is 0 Å². The fourth-order valence-corrected chi connectivity index (χ4v) is 1.77. The van der Waals surface area contributed by atoms with Gasteiger partial charge in [-0.15, -0.1) is 0 Å². The maximum absolute atomic E-state index is 5.83. The molecule has 0 fully saturated rings. The predicted octanol–water partition coefficient (Wildman–Crippen LogP) is 3.47. The zero-order valence-corrected chi connectivity index (χ0v) is 8.75. The molecule has 1 heteroatoms. The lowest BCUT2D eigenvalue weighted by molar-refractivity contribution is -0.00718. The lowest BCUT2D eigenvalue weighted by atomic mass is 9.89. The zero-order chi connectivity index (χ0) is 9.57. The maximum atomic E-state index is 5.83. The molecular weight excluding hydrogens is 160 g/mol. The summed E-state index contributed by atoms with van der Waals surface area (Å²) in [5.41, 5.74) is 0.0134. The third kappa shape index (κ3) is 3.00. The van der Waals surface area contributed by atoms with E-state index in [2.05, 4.69) is 38.2 Å². The SMILES string of the molecule is CCCC[C@@]1(OCC)C=CC=CC1. The van der Waals surface area contributed by atoms with E-state index < -0.39 is 0 Å². The minimum absolute atomic E-state index is 0.0134. The van der Waals surface area contributed by atoms with Gasteiger partial charge in [-0.1, -0.05) is 44.1 Å². The Balaban J connectivity index is 2.53. The molecule has 0 N–H and O–H groups in total. The van der Waals surface area contributed by atoms with Crippen molar-refractivity contribution in [2.45, 2.75) is 45.1 Å². The summed E-state index contributed by atoms with van der Waals surface area (Å²) >= 11 is 0. The van der Waals surface area contributed by atoms with Gasteiger partial charge < -0.3 is 4.74 Å². The summed E-state index contributed by atoms with van der Waals surface area (Å²) in [5.74, 6) is 0. The highest BCUT2D eigenvalue weighted by Gasteiger charge is 2.26. The Hall–Kier alpha value is -0.560. The first kappa shape index (κ1) is 10.5. The summed E-state index contributed by atoms with van der Waals surface area (Å²) in [4.78, 5) is 0. The second kappa shape index (κ2) is 5.23. The van der Waals surface area contributed by atoms with Crippen molar-refractivity contribution < 1.29 is 4.74 Å². The van der Waals surface area contributed by atoms with Gasteiger partial charge >= 0.3 is 0 Å². The quantitative estimate of drug-likeness (QED) is 0.629. The average molecular weight is 180 g/mol. The van der Waals surface area contributed by atoms with Gasteiger partial charge in [0.2, 0.25) is 0 Å². The third-order valence-electron chi connectivity index (χ3n) is 2.50. The van der Waals surface area contributed by atoms with Gasteiger partial charge in [0.15, 0.2) is 0 Å². The van der Waals surface area contributed by atoms with Gasteiger partial charge in [0.25, 0.3) is 0 Å². The highest BCUT2D eigenvalue weighted by atomic mass is 16.5. The van der Waals surface area contributed by atoms with E-state index in [1.807, 2.05) is 0 Å². The molecule has 0 aromatic rings. The van der Waals surface area contributed by atoms with E-state index in [1.54, 1.807) is 0 Å². The minimum atomic E-state index is 0.0134. The minimum Gasteiger partial charge on any atom is -0.371 e. The predicted molar refractivity (Wildman–Crippen MR) is 56.8 cm³/mol. The smallest absolute Gasteiger partial charge is 0.0899 e. The third-order valence-corrected chi connectivity index (χ3v) is 2.50. The Bertz CT molecular complexity index is 193. The number of rotatable bonds is 5. The van der Waals surface area contributed by atoms with Crippen molar-refractivity contribution in [2.75, 3.05) is 6.61 Å². The molecule has 1 rings (SSSR count). The van der Waals surface area contributed by atoms with Crippen molar-refractivity contribution >= 4 is 0 Å². The fraction of sp³-hybridized carbons (Fsp3) is 0.667. The normalized spacial score (nSPS) is 26.6. The molecule has 0 saturated heterocycles. The van der Waals surface area contributed by atoms with Crippen LogP contribution in [0.25, 0.3) is 0 Å². The van der Waals surface area contributed by atoms with Crippen LogP contribution in [-0.4, -0.2) is 12.2 Å². The largest absolute Gasteiger partial charge is 0.371 e. The van der Waals surface area contributed by atoms with Gasteiger partial charge in [-0.25, -0.2) is 0 Å². The molecule has 13 heavy (non-hydrogen) atoms. The van der Waals surface area contributed by atoms with Crippen molar-refractivity contribution in [3.63, 3.8) is 0 Å².